The lowest BCUT2D eigenvalue weighted by Crippen LogP contribution is -2.37. The monoisotopic (exact) mass is 409 g/mol. The molecule has 30 heavy (non-hydrogen) atoms. The normalized spacial score (nSPS) is 16.0. The van der Waals surface area contributed by atoms with Crippen molar-refractivity contribution in [1.29, 1.82) is 0 Å². The summed E-state index contributed by atoms with van der Waals surface area (Å²) in [5.41, 5.74) is 1.79. The van der Waals surface area contributed by atoms with Gasteiger partial charge in [-0.15, -0.1) is 0 Å². The number of amides is 3. The molecule has 4 rings (SSSR count). The maximum atomic E-state index is 12.7. The molecule has 2 aromatic rings. The Balaban J connectivity index is 1.50. The first kappa shape index (κ1) is 19.8. The van der Waals surface area contributed by atoms with Crippen molar-refractivity contribution in [3.63, 3.8) is 0 Å². The van der Waals surface area contributed by atoms with Crippen molar-refractivity contribution in [2.45, 2.75) is 19.3 Å². The van der Waals surface area contributed by atoms with Crippen molar-refractivity contribution in [3.8, 4) is 11.5 Å². The zero-order valence-electron chi connectivity index (χ0n) is 16.7. The number of carbonyl (C=O) groups is 3. The number of nitrogens with one attached hydrogen (secondary N) is 1. The average Bonchev–Trinajstić information content (AvgIpc) is 3.11. The van der Waals surface area contributed by atoms with Crippen LogP contribution in [0.25, 0.3) is 0 Å². The van der Waals surface area contributed by atoms with Gasteiger partial charge < -0.3 is 19.7 Å². The van der Waals surface area contributed by atoms with Crippen LogP contribution in [-0.2, 0) is 14.4 Å². The van der Waals surface area contributed by atoms with E-state index in [0.717, 1.165) is 6.42 Å². The van der Waals surface area contributed by atoms with Crippen LogP contribution in [0.3, 0.4) is 0 Å². The Bertz CT molecular complexity index is 990. The molecule has 0 atom stereocenters. The summed E-state index contributed by atoms with van der Waals surface area (Å²) in [5, 5.41) is 2.81. The fourth-order valence-electron chi connectivity index (χ4n) is 3.72. The van der Waals surface area contributed by atoms with Crippen LogP contribution in [0.2, 0.25) is 0 Å². The SMILES string of the molecule is COc1cc(NC(=O)CN2C(=O)CCOc3ccccc32)ccc1N1CCCC1=O. The van der Waals surface area contributed by atoms with Gasteiger partial charge in [-0.2, -0.15) is 0 Å². The molecule has 2 aliphatic heterocycles. The van der Waals surface area contributed by atoms with Crippen LogP contribution in [0.4, 0.5) is 17.1 Å². The first-order valence-electron chi connectivity index (χ1n) is 9.87. The summed E-state index contributed by atoms with van der Waals surface area (Å²) in [7, 11) is 1.53. The Hall–Kier alpha value is -3.55. The molecule has 0 radical (unpaired) electrons. The molecule has 2 aromatic carbocycles. The molecule has 1 saturated heterocycles. The first-order valence-corrected chi connectivity index (χ1v) is 9.87. The van der Waals surface area contributed by atoms with Gasteiger partial charge in [0.1, 0.15) is 18.0 Å². The molecule has 0 unspecified atom stereocenters. The van der Waals surface area contributed by atoms with Crippen molar-refractivity contribution >= 4 is 34.8 Å². The standard InChI is InChI=1S/C22H23N3O5/c1-29-19-13-15(8-9-17(19)24-11-4-7-21(24)27)23-20(26)14-25-16-5-2-3-6-18(16)30-12-10-22(25)28/h2-3,5-6,8-9,13H,4,7,10-12,14H2,1H3,(H,23,26). The molecule has 0 saturated carbocycles. The van der Waals surface area contributed by atoms with Crippen LogP contribution in [-0.4, -0.2) is 44.5 Å². The van der Waals surface area contributed by atoms with E-state index in [-0.39, 0.29) is 37.3 Å². The summed E-state index contributed by atoms with van der Waals surface area (Å²) < 4.78 is 11.0. The Morgan fingerprint density at radius 1 is 1.10 bits per heavy atom. The molecular formula is C22H23N3O5. The molecule has 2 heterocycles. The molecule has 1 fully saturated rings. The maximum Gasteiger partial charge on any atom is 0.244 e. The van der Waals surface area contributed by atoms with E-state index in [4.69, 9.17) is 9.47 Å². The molecule has 156 valence electrons. The zero-order valence-corrected chi connectivity index (χ0v) is 16.7. The summed E-state index contributed by atoms with van der Waals surface area (Å²) in [6.45, 7) is 0.801. The van der Waals surface area contributed by atoms with Crippen molar-refractivity contribution < 1.29 is 23.9 Å². The predicted octanol–water partition coefficient (Wildman–Crippen LogP) is 2.58. The molecular weight excluding hydrogens is 386 g/mol. The number of ether oxygens (including phenoxy) is 2. The van der Waals surface area contributed by atoms with Crippen molar-refractivity contribution in [1.82, 2.24) is 0 Å². The van der Waals surface area contributed by atoms with E-state index in [1.165, 1.54) is 12.0 Å². The number of anilines is 3. The maximum absolute atomic E-state index is 12.7. The molecule has 0 bridgehead atoms. The number of benzene rings is 2. The fourth-order valence-corrected chi connectivity index (χ4v) is 3.72. The van der Waals surface area contributed by atoms with Gasteiger partial charge in [0.05, 0.1) is 31.5 Å². The van der Waals surface area contributed by atoms with E-state index in [9.17, 15) is 14.4 Å². The van der Waals surface area contributed by atoms with Crippen LogP contribution >= 0.6 is 0 Å². The van der Waals surface area contributed by atoms with Crippen LogP contribution in [0.5, 0.6) is 11.5 Å². The van der Waals surface area contributed by atoms with Gasteiger partial charge in [0.2, 0.25) is 17.7 Å². The van der Waals surface area contributed by atoms with Crippen molar-refractivity contribution in [2.75, 3.05) is 41.9 Å². The molecule has 0 aliphatic carbocycles. The van der Waals surface area contributed by atoms with Gasteiger partial charge in [-0.3, -0.25) is 19.3 Å². The highest BCUT2D eigenvalue weighted by Crippen LogP contribution is 2.34. The Kier molecular flexibility index (Phi) is 5.56. The topological polar surface area (TPSA) is 88.2 Å². The molecule has 3 amide bonds. The number of para-hydroxylation sites is 2. The zero-order chi connectivity index (χ0) is 21.1. The molecule has 1 N–H and O–H groups in total. The highest BCUT2D eigenvalue weighted by molar-refractivity contribution is 6.04. The number of methoxy groups -OCH3 is 1. The second-order valence-corrected chi connectivity index (χ2v) is 7.13. The van der Waals surface area contributed by atoms with E-state index in [2.05, 4.69) is 5.32 Å². The summed E-state index contributed by atoms with van der Waals surface area (Å²) in [4.78, 5) is 40.4. The van der Waals surface area contributed by atoms with Gasteiger partial charge in [0.25, 0.3) is 0 Å². The minimum absolute atomic E-state index is 0.0608. The van der Waals surface area contributed by atoms with E-state index < -0.39 is 0 Å². The number of fused-ring (bicyclic) bond motifs is 1. The van der Waals surface area contributed by atoms with Crippen LogP contribution < -0.4 is 24.6 Å². The van der Waals surface area contributed by atoms with Crippen LogP contribution in [0.15, 0.2) is 42.5 Å². The third-order valence-electron chi connectivity index (χ3n) is 5.16. The highest BCUT2D eigenvalue weighted by Gasteiger charge is 2.26. The second kappa shape index (κ2) is 8.44. The third kappa shape index (κ3) is 3.94. The predicted molar refractivity (Wildman–Crippen MR) is 112 cm³/mol. The number of carbonyl (C=O) groups excluding carboxylic acids is 3. The van der Waals surface area contributed by atoms with Gasteiger partial charge in [-0.25, -0.2) is 0 Å². The van der Waals surface area contributed by atoms with E-state index in [1.807, 2.05) is 6.07 Å². The van der Waals surface area contributed by atoms with Crippen LogP contribution in [0, 0.1) is 0 Å². The number of nitrogens with zero attached hydrogens (tertiary/aromatic N) is 2. The molecule has 8 heteroatoms. The van der Waals surface area contributed by atoms with Gasteiger partial charge in [0, 0.05) is 24.7 Å². The van der Waals surface area contributed by atoms with Gasteiger partial charge in [-0.05, 0) is 30.7 Å². The van der Waals surface area contributed by atoms with Gasteiger partial charge in [0.15, 0.2) is 0 Å². The van der Waals surface area contributed by atoms with Crippen molar-refractivity contribution in [2.24, 2.45) is 0 Å². The minimum atomic E-state index is -0.341. The van der Waals surface area contributed by atoms with Gasteiger partial charge in [-0.1, -0.05) is 12.1 Å². The number of rotatable bonds is 5. The molecule has 0 aromatic heterocycles. The smallest absolute Gasteiger partial charge is 0.244 e. The number of hydrogen-bond acceptors (Lipinski definition) is 5. The van der Waals surface area contributed by atoms with Crippen LogP contribution in [0.1, 0.15) is 19.3 Å². The third-order valence-corrected chi connectivity index (χ3v) is 5.16. The lowest BCUT2D eigenvalue weighted by molar-refractivity contribution is -0.121. The highest BCUT2D eigenvalue weighted by atomic mass is 16.5. The Morgan fingerprint density at radius 3 is 2.70 bits per heavy atom. The molecule has 0 spiro atoms. The Labute approximate surface area is 174 Å². The average molecular weight is 409 g/mol. The lowest BCUT2D eigenvalue weighted by Gasteiger charge is -2.22. The Morgan fingerprint density at radius 2 is 1.93 bits per heavy atom. The molecule has 2 aliphatic rings. The summed E-state index contributed by atoms with van der Waals surface area (Å²) >= 11 is 0. The quantitative estimate of drug-likeness (QED) is 0.820. The molecule has 8 nitrogen and oxygen atoms in total. The van der Waals surface area contributed by atoms with E-state index in [1.54, 1.807) is 41.3 Å². The summed E-state index contributed by atoms with van der Waals surface area (Å²) in [6, 6.07) is 12.3. The van der Waals surface area contributed by atoms with E-state index >= 15 is 0 Å². The second-order valence-electron chi connectivity index (χ2n) is 7.13. The summed E-state index contributed by atoms with van der Waals surface area (Å²) in [6.07, 6.45) is 1.54. The fraction of sp³-hybridized carbons (Fsp3) is 0.318. The summed E-state index contributed by atoms with van der Waals surface area (Å²) in [5.74, 6) is 0.637. The minimum Gasteiger partial charge on any atom is -0.494 e. The van der Waals surface area contributed by atoms with Crippen molar-refractivity contribution in [3.05, 3.63) is 42.5 Å². The van der Waals surface area contributed by atoms with E-state index in [0.29, 0.717) is 41.5 Å². The first-order chi connectivity index (χ1) is 14.6. The largest absolute Gasteiger partial charge is 0.494 e. The van der Waals surface area contributed by atoms with Gasteiger partial charge >= 0.3 is 0 Å². The number of hydrogen-bond donors (Lipinski definition) is 1. The lowest BCUT2D eigenvalue weighted by atomic mass is 10.2.